The van der Waals surface area contributed by atoms with Crippen LogP contribution in [0.5, 0.6) is 5.75 Å². The minimum Gasteiger partial charge on any atom is -0.487 e. The van der Waals surface area contributed by atoms with E-state index in [1.54, 1.807) is 30.3 Å². The summed E-state index contributed by atoms with van der Waals surface area (Å²) in [6.45, 7) is 0.415. The first-order valence-electron chi connectivity index (χ1n) is 10.2. The second kappa shape index (κ2) is 11.0. The zero-order valence-electron chi connectivity index (χ0n) is 17.7. The van der Waals surface area contributed by atoms with E-state index in [1.165, 1.54) is 5.39 Å². The highest BCUT2D eigenvalue weighted by atomic mass is 127. The fourth-order valence-corrected chi connectivity index (χ4v) is 5.31. The van der Waals surface area contributed by atoms with E-state index in [0.717, 1.165) is 19.0 Å². The van der Waals surface area contributed by atoms with Gasteiger partial charge in [0.05, 0.1) is 8.04 Å². The maximum atomic E-state index is 12.6. The molecule has 0 heterocycles. The third kappa shape index (κ3) is 5.79. The van der Waals surface area contributed by atoms with Crippen LogP contribution in [0.15, 0.2) is 88.9 Å². The third-order valence-corrected chi connectivity index (χ3v) is 6.69. The highest BCUT2D eigenvalue weighted by Gasteiger charge is 2.13. The predicted octanol–water partition coefficient (Wildman–Crippen LogP) is 7.98. The fraction of sp³-hybridized carbons (Fsp3) is 0.0370. The molecule has 4 rings (SSSR count). The van der Waals surface area contributed by atoms with E-state index in [-0.39, 0.29) is 5.57 Å². The highest BCUT2D eigenvalue weighted by molar-refractivity contribution is 14.1. The van der Waals surface area contributed by atoms with Crippen molar-refractivity contribution in [1.82, 2.24) is 0 Å². The summed E-state index contributed by atoms with van der Waals surface area (Å²) in [5, 5.41) is 15.1. The Morgan fingerprint density at radius 1 is 1.09 bits per heavy atom. The number of nitrogens with zero attached hydrogens (tertiary/aromatic N) is 1. The van der Waals surface area contributed by atoms with Crippen molar-refractivity contribution in [3.8, 4) is 11.8 Å². The molecule has 0 saturated heterocycles. The lowest BCUT2D eigenvalue weighted by atomic mass is 10.1. The summed E-state index contributed by atoms with van der Waals surface area (Å²) in [7, 11) is 0. The minimum absolute atomic E-state index is 0.0120. The number of benzene rings is 4. The number of amides is 1. The Labute approximate surface area is 224 Å². The molecule has 4 aromatic rings. The normalized spacial score (nSPS) is 11.2. The molecule has 0 bridgehead atoms. The van der Waals surface area contributed by atoms with Gasteiger partial charge in [0.25, 0.3) is 5.91 Å². The fourth-order valence-electron chi connectivity index (χ4n) is 3.42. The molecule has 168 valence electrons. The van der Waals surface area contributed by atoms with Gasteiger partial charge >= 0.3 is 0 Å². The average Bonchev–Trinajstić information content (AvgIpc) is 2.83. The maximum Gasteiger partial charge on any atom is 0.266 e. The van der Waals surface area contributed by atoms with Gasteiger partial charge in [-0.3, -0.25) is 4.79 Å². The molecule has 0 unspecified atom stereocenters. The monoisotopic (exact) mass is 642 g/mol. The first kappa shape index (κ1) is 24.3. The molecule has 0 aliphatic carbocycles. The molecule has 4 aromatic carbocycles. The Balaban J connectivity index is 1.53. The van der Waals surface area contributed by atoms with E-state index in [4.69, 9.17) is 16.3 Å². The number of fused-ring (bicyclic) bond motifs is 1. The molecule has 7 heteroatoms. The van der Waals surface area contributed by atoms with Gasteiger partial charge < -0.3 is 10.1 Å². The number of hydrogen-bond acceptors (Lipinski definition) is 3. The number of nitriles is 1. The molecule has 4 nitrogen and oxygen atoms in total. The number of ether oxygens (including phenoxy) is 1. The highest BCUT2D eigenvalue weighted by Crippen LogP contribution is 2.34. The summed E-state index contributed by atoms with van der Waals surface area (Å²) in [5.41, 5.74) is 2.34. The smallest absolute Gasteiger partial charge is 0.266 e. The lowest BCUT2D eigenvalue weighted by Gasteiger charge is -2.13. The number of halogens is 3. The molecular weight excluding hydrogens is 627 g/mol. The van der Waals surface area contributed by atoms with E-state index < -0.39 is 5.91 Å². The molecule has 0 saturated carbocycles. The average molecular weight is 644 g/mol. The van der Waals surface area contributed by atoms with Gasteiger partial charge in [0.2, 0.25) is 0 Å². The first-order chi connectivity index (χ1) is 16.4. The summed E-state index contributed by atoms with van der Waals surface area (Å²) in [6, 6.07) is 26.7. The minimum atomic E-state index is -0.493. The van der Waals surface area contributed by atoms with Crippen molar-refractivity contribution in [2.45, 2.75) is 6.61 Å². The lowest BCUT2D eigenvalue weighted by molar-refractivity contribution is -0.112. The predicted molar refractivity (Wildman–Crippen MR) is 149 cm³/mol. The van der Waals surface area contributed by atoms with Crippen molar-refractivity contribution in [1.29, 1.82) is 5.26 Å². The third-order valence-electron chi connectivity index (χ3n) is 5.05. The van der Waals surface area contributed by atoms with Gasteiger partial charge in [-0.25, -0.2) is 0 Å². The second-order valence-corrected chi connectivity index (χ2v) is 9.82. The molecule has 1 amide bonds. The Hall–Kier alpha value is -2.86. The van der Waals surface area contributed by atoms with Crippen LogP contribution in [-0.4, -0.2) is 5.91 Å². The lowest BCUT2D eigenvalue weighted by Crippen LogP contribution is -2.13. The molecule has 1 N–H and O–H groups in total. The van der Waals surface area contributed by atoms with Gasteiger partial charge in [-0.2, -0.15) is 5.26 Å². The standard InChI is InChI=1S/C27H17BrClIN2O2/c28-24-13-17(12-20(15-31)27(33)32-22-10-8-21(29)9-11-22)14-25(30)26(24)34-16-19-6-3-5-18-4-1-2-7-23(18)19/h1-14H,16H2,(H,32,33)/b20-12-. The van der Waals surface area contributed by atoms with Gasteiger partial charge in [0, 0.05) is 10.7 Å². The number of hydrogen-bond donors (Lipinski definition) is 1. The molecule has 0 spiro atoms. The zero-order valence-corrected chi connectivity index (χ0v) is 22.2. The van der Waals surface area contributed by atoms with E-state index in [9.17, 15) is 10.1 Å². The Kier molecular flexibility index (Phi) is 7.88. The van der Waals surface area contributed by atoms with Gasteiger partial charge in [-0.15, -0.1) is 0 Å². The zero-order chi connectivity index (χ0) is 24.1. The SMILES string of the molecule is N#C/C(=C/c1cc(Br)c(OCc2cccc3ccccc23)c(I)c1)C(=O)Nc1ccc(Cl)cc1. The number of carbonyl (C=O) groups is 1. The Morgan fingerprint density at radius 2 is 1.82 bits per heavy atom. The van der Waals surface area contributed by atoms with E-state index in [0.29, 0.717) is 28.6 Å². The van der Waals surface area contributed by atoms with Gasteiger partial charge in [0.15, 0.2) is 0 Å². The van der Waals surface area contributed by atoms with Crippen molar-refractivity contribution in [2.75, 3.05) is 5.32 Å². The van der Waals surface area contributed by atoms with Crippen LogP contribution < -0.4 is 10.1 Å². The number of anilines is 1. The van der Waals surface area contributed by atoms with Crippen LogP contribution in [0.2, 0.25) is 5.02 Å². The van der Waals surface area contributed by atoms with Crippen molar-refractivity contribution in [3.05, 3.63) is 109 Å². The van der Waals surface area contributed by atoms with Crippen LogP contribution in [0.3, 0.4) is 0 Å². The number of carbonyl (C=O) groups excluding carboxylic acids is 1. The van der Waals surface area contributed by atoms with Crippen LogP contribution in [-0.2, 0) is 11.4 Å². The number of rotatable bonds is 6. The largest absolute Gasteiger partial charge is 0.487 e. The van der Waals surface area contributed by atoms with E-state index in [2.05, 4.69) is 68.1 Å². The summed E-state index contributed by atoms with van der Waals surface area (Å²) in [4.78, 5) is 12.6. The van der Waals surface area contributed by atoms with Crippen molar-refractivity contribution < 1.29 is 9.53 Å². The Bertz CT molecular complexity index is 1420. The van der Waals surface area contributed by atoms with Crippen LogP contribution in [0.25, 0.3) is 16.8 Å². The number of nitrogens with one attached hydrogen (secondary N) is 1. The van der Waals surface area contributed by atoms with E-state index >= 15 is 0 Å². The van der Waals surface area contributed by atoms with Gasteiger partial charge in [-0.1, -0.05) is 54.1 Å². The quantitative estimate of drug-likeness (QED) is 0.132. The van der Waals surface area contributed by atoms with Crippen molar-refractivity contribution in [2.24, 2.45) is 0 Å². The molecule has 0 aliphatic rings. The van der Waals surface area contributed by atoms with E-state index in [1.807, 2.05) is 36.4 Å². The van der Waals surface area contributed by atoms with Gasteiger partial charge in [0.1, 0.15) is 24.0 Å². The summed E-state index contributed by atoms with van der Waals surface area (Å²) < 4.78 is 7.75. The van der Waals surface area contributed by atoms with Crippen LogP contribution in [0.4, 0.5) is 5.69 Å². The van der Waals surface area contributed by atoms with Crippen molar-refractivity contribution in [3.63, 3.8) is 0 Å². The molecule has 0 radical (unpaired) electrons. The van der Waals surface area contributed by atoms with Crippen molar-refractivity contribution >= 4 is 78.6 Å². The van der Waals surface area contributed by atoms with Crippen LogP contribution in [0.1, 0.15) is 11.1 Å². The topological polar surface area (TPSA) is 62.1 Å². The van der Waals surface area contributed by atoms with Crippen LogP contribution in [0, 0.1) is 14.9 Å². The summed E-state index contributed by atoms with van der Waals surface area (Å²) in [5.74, 6) is 0.210. The summed E-state index contributed by atoms with van der Waals surface area (Å²) >= 11 is 11.6. The molecule has 34 heavy (non-hydrogen) atoms. The second-order valence-electron chi connectivity index (χ2n) is 7.37. The van der Waals surface area contributed by atoms with Crippen LogP contribution >= 0.6 is 50.1 Å². The molecule has 0 atom stereocenters. The molecular formula is C27H17BrClIN2O2. The molecule has 0 aliphatic heterocycles. The summed E-state index contributed by atoms with van der Waals surface area (Å²) in [6.07, 6.45) is 1.55. The van der Waals surface area contributed by atoms with Gasteiger partial charge in [-0.05, 0) is 103 Å². The molecule has 0 aromatic heterocycles. The maximum absolute atomic E-state index is 12.6. The first-order valence-corrected chi connectivity index (χ1v) is 12.5. The molecule has 0 fully saturated rings. The Morgan fingerprint density at radius 3 is 2.56 bits per heavy atom.